The summed E-state index contributed by atoms with van der Waals surface area (Å²) < 4.78 is 10.6. The molecule has 0 saturated heterocycles. The van der Waals surface area contributed by atoms with E-state index in [9.17, 15) is 9.90 Å². The quantitative estimate of drug-likeness (QED) is 0.581. The lowest BCUT2D eigenvalue weighted by Gasteiger charge is -2.16. The van der Waals surface area contributed by atoms with Gasteiger partial charge in [0.15, 0.2) is 0 Å². The predicted molar refractivity (Wildman–Crippen MR) is 88.9 cm³/mol. The van der Waals surface area contributed by atoms with Crippen molar-refractivity contribution in [2.24, 2.45) is 11.8 Å². The second-order valence-electron chi connectivity index (χ2n) is 6.00. The van der Waals surface area contributed by atoms with Gasteiger partial charge in [0, 0.05) is 6.42 Å². The molecule has 1 aromatic rings. The summed E-state index contributed by atoms with van der Waals surface area (Å²) in [5.74, 6) is 0.615. The average Bonchev–Trinajstić information content (AvgIpc) is 2.95. The lowest BCUT2D eigenvalue weighted by Crippen LogP contribution is -2.15. The topological polar surface area (TPSA) is 55.8 Å². The molecule has 1 unspecified atom stereocenters. The van der Waals surface area contributed by atoms with Crippen LogP contribution in [0, 0.1) is 11.8 Å². The summed E-state index contributed by atoms with van der Waals surface area (Å²) in [5, 5.41) is 10.1. The Bertz CT molecular complexity index is 509. The van der Waals surface area contributed by atoms with Crippen LogP contribution < -0.4 is 0 Å². The van der Waals surface area contributed by atoms with Gasteiger partial charge in [0.2, 0.25) is 0 Å². The normalized spacial score (nSPS) is 21.3. The standard InChI is InChI=1S/C19H26O4/c1-2-23-19(21)12-17-10-6-9-16(17)11-18(20)14-22-13-15-7-4-3-5-8-15/h3-5,7-8,11,16-17,20H,2,6,9-10,12-14H2,1H3/t16?,17-/m1/s1. The molecule has 23 heavy (non-hydrogen) atoms. The Morgan fingerprint density at radius 2 is 2.09 bits per heavy atom. The number of ether oxygens (including phenoxy) is 2. The molecule has 0 radical (unpaired) electrons. The maximum absolute atomic E-state index is 11.6. The SMILES string of the molecule is CCOC(=O)C[C@H]1CCCC1C=C(O)COCc1ccccc1. The number of hydrogen-bond donors (Lipinski definition) is 1. The van der Waals surface area contributed by atoms with Crippen LogP contribution in [0.3, 0.4) is 0 Å². The molecule has 2 atom stereocenters. The van der Waals surface area contributed by atoms with Gasteiger partial charge in [0.25, 0.3) is 0 Å². The van der Waals surface area contributed by atoms with Crippen LogP contribution in [-0.4, -0.2) is 24.3 Å². The lowest BCUT2D eigenvalue weighted by molar-refractivity contribution is -0.144. The Hall–Kier alpha value is -1.81. The van der Waals surface area contributed by atoms with Gasteiger partial charge in [-0.3, -0.25) is 4.79 Å². The minimum absolute atomic E-state index is 0.141. The third-order valence-electron chi connectivity index (χ3n) is 4.22. The minimum Gasteiger partial charge on any atom is -0.510 e. The zero-order valence-electron chi connectivity index (χ0n) is 13.7. The van der Waals surface area contributed by atoms with Crippen molar-refractivity contribution >= 4 is 5.97 Å². The highest BCUT2D eigenvalue weighted by Crippen LogP contribution is 2.35. The summed E-state index contributed by atoms with van der Waals surface area (Å²) in [6.07, 6.45) is 5.41. The second kappa shape index (κ2) is 9.36. The molecule has 1 saturated carbocycles. The first-order valence-electron chi connectivity index (χ1n) is 8.36. The third-order valence-corrected chi connectivity index (χ3v) is 4.22. The van der Waals surface area contributed by atoms with E-state index in [2.05, 4.69) is 0 Å². The average molecular weight is 318 g/mol. The lowest BCUT2D eigenvalue weighted by atomic mass is 9.92. The minimum atomic E-state index is -0.141. The number of carbonyl (C=O) groups is 1. The van der Waals surface area contributed by atoms with E-state index in [0.717, 1.165) is 24.8 Å². The third kappa shape index (κ3) is 6.06. The Morgan fingerprint density at radius 1 is 1.30 bits per heavy atom. The van der Waals surface area contributed by atoms with Crippen LogP contribution >= 0.6 is 0 Å². The Kier molecular flexibility index (Phi) is 7.14. The number of esters is 1. The first-order chi connectivity index (χ1) is 11.2. The smallest absolute Gasteiger partial charge is 0.306 e. The van der Waals surface area contributed by atoms with Crippen molar-refractivity contribution < 1.29 is 19.4 Å². The van der Waals surface area contributed by atoms with Crippen molar-refractivity contribution in [2.75, 3.05) is 13.2 Å². The molecule has 0 bridgehead atoms. The molecular weight excluding hydrogens is 292 g/mol. The van der Waals surface area contributed by atoms with Crippen LogP contribution in [0.25, 0.3) is 0 Å². The second-order valence-corrected chi connectivity index (χ2v) is 6.00. The summed E-state index contributed by atoms with van der Waals surface area (Å²) in [5.41, 5.74) is 1.08. The monoisotopic (exact) mass is 318 g/mol. The van der Waals surface area contributed by atoms with Crippen molar-refractivity contribution in [2.45, 2.75) is 39.2 Å². The van der Waals surface area contributed by atoms with Gasteiger partial charge in [-0.05, 0) is 43.2 Å². The molecule has 0 aromatic heterocycles. The van der Waals surface area contributed by atoms with E-state index in [1.54, 1.807) is 0 Å². The van der Waals surface area contributed by atoms with Gasteiger partial charge in [-0.25, -0.2) is 0 Å². The van der Waals surface area contributed by atoms with Crippen molar-refractivity contribution in [3.05, 3.63) is 47.7 Å². The van der Waals surface area contributed by atoms with Crippen molar-refractivity contribution in [1.29, 1.82) is 0 Å². The first-order valence-corrected chi connectivity index (χ1v) is 8.36. The van der Waals surface area contributed by atoms with E-state index < -0.39 is 0 Å². The van der Waals surface area contributed by atoms with E-state index in [1.165, 1.54) is 0 Å². The van der Waals surface area contributed by atoms with E-state index in [-0.39, 0.29) is 30.2 Å². The van der Waals surface area contributed by atoms with Crippen LogP contribution in [0.1, 0.15) is 38.2 Å². The van der Waals surface area contributed by atoms with E-state index in [0.29, 0.717) is 19.6 Å². The fraction of sp³-hybridized carbons (Fsp3) is 0.526. The van der Waals surface area contributed by atoms with Crippen LogP contribution in [0.5, 0.6) is 0 Å². The number of carbonyl (C=O) groups excluding carboxylic acids is 1. The Morgan fingerprint density at radius 3 is 2.83 bits per heavy atom. The van der Waals surface area contributed by atoms with Crippen LogP contribution in [0.4, 0.5) is 0 Å². The van der Waals surface area contributed by atoms with E-state index >= 15 is 0 Å². The van der Waals surface area contributed by atoms with Crippen LogP contribution in [0.15, 0.2) is 42.2 Å². The molecule has 0 heterocycles. The zero-order chi connectivity index (χ0) is 16.5. The summed E-state index contributed by atoms with van der Waals surface area (Å²) >= 11 is 0. The van der Waals surface area contributed by atoms with Gasteiger partial charge in [-0.15, -0.1) is 0 Å². The summed E-state index contributed by atoms with van der Waals surface area (Å²) in [7, 11) is 0. The number of aliphatic hydroxyl groups is 1. The molecule has 1 fully saturated rings. The summed E-state index contributed by atoms with van der Waals surface area (Å²) in [4.78, 5) is 11.6. The number of hydrogen-bond acceptors (Lipinski definition) is 4. The van der Waals surface area contributed by atoms with Crippen molar-refractivity contribution in [3.63, 3.8) is 0 Å². The van der Waals surface area contributed by atoms with Gasteiger partial charge >= 0.3 is 5.97 Å². The van der Waals surface area contributed by atoms with Crippen molar-refractivity contribution in [1.82, 2.24) is 0 Å². The van der Waals surface area contributed by atoms with Gasteiger partial charge in [0.1, 0.15) is 12.4 Å². The highest BCUT2D eigenvalue weighted by Gasteiger charge is 2.28. The first kappa shape index (κ1) is 17.5. The molecule has 1 N–H and O–H groups in total. The maximum atomic E-state index is 11.6. The van der Waals surface area contributed by atoms with Crippen LogP contribution in [-0.2, 0) is 20.9 Å². The molecule has 2 rings (SSSR count). The number of rotatable bonds is 8. The van der Waals surface area contributed by atoms with Crippen molar-refractivity contribution in [3.8, 4) is 0 Å². The van der Waals surface area contributed by atoms with Gasteiger partial charge in [0.05, 0.1) is 13.2 Å². The van der Waals surface area contributed by atoms with E-state index in [1.807, 2.05) is 43.3 Å². The van der Waals surface area contributed by atoms with Gasteiger partial charge < -0.3 is 14.6 Å². The van der Waals surface area contributed by atoms with Gasteiger partial charge in [-0.1, -0.05) is 36.8 Å². The fourth-order valence-corrected chi connectivity index (χ4v) is 3.12. The fourth-order valence-electron chi connectivity index (χ4n) is 3.12. The highest BCUT2D eigenvalue weighted by molar-refractivity contribution is 5.69. The molecule has 1 aromatic carbocycles. The van der Waals surface area contributed by atoms with Gasteiger partial charge in [-0.2, -0.15) is 0 Å². The zero-order valence-corrected chi connectivity index (χ0v) is 13.7. The molecule has 1 aliphatic carbocycles. The number of benzene rings is 1. The molecule has 0 spiro atoms. The largest absolute Gasteiger partial charge is 0.510 e. The molecule has 4 heteroatoms. The predicted octanol–water partition coefficient (Wildman–Crippen LogP) is 4.01. The number of aliphatic hydroxyl groups excluding tert-OH is 1. The molecular formula is C19H26O4. The molecule has 1 aliphatic rings. The molecule has 126 valence electrons. The molecule has 0 aliphatic heterocycles. The molecule has 4 nitrogen and oxygen atoms in total. The van der Waals surface area contributed by atoms with Crippen LogP contribution in [0.2, 0.25) is 0 Å². The Balaban J connectivity index is 1.78. The summed E-state index contributed by atoms with van der Waals surface area (Å²) in [6, 6.07) is 9.88. The Labute approximate surface area is 138 Å². The maximum Gasteiger partial charge on any atom is 0.306 e. The van der Waals surface area contributed by atoms with E-state index in [4.69, 9.17) is 9.47 Å². The highest BCUT2D eigenvalue weighted by atomic mass is 16.5. The number of allylic oxidation sites excluding steroid dienone is 1. The summed E-state index contributed by atoms with van der Waals surface area (Å²) in [6.45, 7) is 2.93. The molecule has 0 amide bonds.